The van der Waals surface area contributed by atoms with Gasteiger partial charge in [-0.05, 0) is 203 Å². The van der Waals surface area contributed by atoms with Crippen LogP contribution in [0.15, 0.2) is 151 Å². The highest BCUT2D eigenvalue weighted by Crippen LogP contribution is 2.53. The van der Waals surface area contributed by atoms with Gasteiger partial charge in [0.05, 0.1) is 46.2 Å². The molecule has 0 heterocycles. The summed E-state index contributed by atoms with van der Waals surface area (Å²) in [4.78, 5) is 17.9. The number of benzene rings is 8. The molecule has 10 rings (SSSR count). The van der Waals surface area contributed by atoms with Gasteiger partial charge in [-0.25, -0.2) is 4.85 Å². The summed E-state index contributed by atoms with van der Waals surface area (Å²) in [6.45, 7) is 46.2. The predicted octanol–water partition coefficient (Wildman–Crippen LogP) is 25.2. The zero-order valence-electron chi connectivity index (χ0n) is 64.5. The zero-order valence-corrected chi connectivity index (χ0v) is 64.5. The molecule has 10 nitrogen and oxygen atoms in total. The third kappa shape index (κ3) is 19.0. The molecular weight excluding hydrogens is 1290 g/mol. The van der Waals surface area contributed by atoms with Crippen LogP contribution in [0.5, 0.6) is 34.5 Å². The van der Waals surface area contributed by atoms with Crippen LogP contribution in [-0.2, 0) is 15.6 Å². The molecule has 544 valence electrons. The van der Waals surface area contributed by atoms with Crippen molar-refractivity contribution >= 4 is 65.6 Å². The molecule has 2 aliphatic rings. The van der Waals surface area contributed by atoms with Crippen molar-refractivity contribution in [3.63, 3.8) is 0 Å². The average molecular weight is 1400 g/mol. The number of fused-ring (bicyclic) bond motifs is 6. The van der Waals surface area contributed by atoms with Crippen LogP contribution in [0, 0.1) is 42.1 Å². The van der Waals surface area contributed by atoms with Crippen LogP contribution in [0.4, 0.5) is 17.1 Å². The molecule has 8 aromatic rings. The van der Waals surface area contributed by atoms with Crippen LogP contribution in [0.1, 0.15) is 211 Å². The summed E-state index contributed by atoms with van der Waals surface area (Å²) >= 11 is 0. The summed E-state index contributed by atoms with van der Waals surface area (Å²) in [7, 11) is 0. The molecule has 0 saturated heterocycles. The van der Waals surface area contributed by atoms with E-state index in [1.807, 2.05) is 18.2 Å². The van der Waals surface area contributed by atoms with E-state index in [2.05, 4.69) is 278 Å². The molecule has 0 spiro atoms. The number of hydrogen-bond donors (Lipinski definition) is 1. The topological polar surface area (TPSA) is 100 Å². The SMILES string of the molecule is [C-]#[N+]/C(=C\c1cc(OCCC(C)C)c(/C=C/c2cc(OCCC(C)C)c(/C=C/c3cc(OCCC(C)C)c(/C=C/c4ccc(N(c5ccc6c(c5)C(C)(C)c5ccccc5-6)c5ccc6c(c5)C(C)(C)c5ccccc5-6)cc4)cc3OCCC(C)C)cc2OCCC(C)C)cc1OCCC(C)C)C(=O)O. The second kappa shape index (κ2) is 34.7. The summed E-state index contributed by atoms with van der Waals surface area (Å²) in [5, 5.41) is 9.95. The third-order valence-electron chi connectivity index (χ3n) is 19.9. The van der Waals surface area contributed by atoms with E-state index in [4.69, 9.17) is 35.0 Å². The van der Waals surface area contributed by atoms with Crippen molar-refractivity contribution in [2.75, 3.05) is 44.5 Å². The maximum absolute atomic E-state index is 12.2. The number of nitrogens with zero attached hydrogens (tertiary/aromatic N) is 2. The van der Waals surface area contributed by atoms with E-state index in [9.17, 15) is 9.90 Å². The number of anilines is 3. The highest BCUT2D eigenvalue weighted by molar-refractivity contribution is 5.95. The van der Waals surface area contributed by atoms with E-state index in [0.717, 1.165) is 100 Å². The standard InChI is InChI=1S/C94H110N2O8/c1-61(2)40-46-99-86-54-69(30-31-70-55-89(102-49-43-64(7)8)71(56-88(70)101-48-42-63(5)6)32-33-72-57-91(104-51-45-66(11)12)73(52-85(95-17)92(97)98)58-90(72)103-50-44-65(9)10)87(100-47-41-62(3)4)53-68(86)29-26-67-27-34-74(35-28-67)96(75-36-38-79-77-22-18-20-24-81(77)93(13,14)83(79)59-75)76-37-39-80-78-23-19-21-25-82(78)94(15,16)84(80)60-76/h18-39,52-66H,40-51H2,1-16H3,(H,97,98)/b29-26+,31-30+,33-32+,85-52-. The molecule has 104 heavy (non-hydrogen) atoms. The van der Waals surface area contributed by atoms with E-state index in [0.29, 0.717) is 104 Å². The normalized spacial score (nSPS) is 13.6. The molecule has 1 N–H and O–H groups in total. The van der Waals surface area contributed by atoms with E-state index in [-0.39, 0.29) is 10.8 Å². The Labute approximate surface area is 621 Å². The first-order chi connectivity index (χ1) is 49.8. The largest absolute Gasteiger partial charge is 0.493 e. The molecule has 8 aromatic carbocycles. The first kappa shape index (κ1) is 76.9. The Kier molecular flexibility index (Phi) is 25.7. The van der Waals surface area contributed by atoms with Gasteiger partial charge in [0, 0.05) is 61.3 Å². The molecule has 0 aromatic heterocycles. The van der Waals surface area contributed by atoms with Crippen LogP contribution in [0.25, 0.3) is 69.6 Å². The van der Waals surface area contributed by atoms with Gasteiger partial charge in [0.15, 0.2) is 0 Å². The number of ether oxygens (including phenoxy) is 6. The Morgan fingerprint density at radius 2 is 0.654 bits per heavy atom. The highest BCUT2D eigenvalue weighted by atomic mass is 16.5. The zero-order chi connectivity index (χ0) is 74.4. The second-order valence-electron chi connectivity index (χ2n) is 31.6. The quantitative estimate of drug-likeness (QED) is 0.0236. The number of carbonyl (C=O) groups is 1. The fourth-order valence-corrected chi connectivity index (χ4v) is 13.4. The van der Waals surface area contributed by atoms with Gasteiger partial charge in [-0.2, -0.15) is 0 Å². The van der Waals surface area contributed by atoms with Crippen molar-refractivity contribution in [1.29, 1.82) is 0 Å². The maximum Gasteiger partial charge on any atom is 0.333 e. The van der Waals surface area contributed by atoms with Crippen molar-refractivity contribution in [3.05, 3.63) is 224 Å². The molecule has 0 bridgehead atoms. The van der Waals surface area contributed by atoms with E-state index in [1.165, 1.54) is 50.6 Å². The van der Waals surface area contributed by atoms with Crippen molar-refractivity contribution in [3.8, 4) is 56.8 Å². The van der Waals surface area contributed by atoms with Crippen molar-refractivity contribution in [2.24, 2.45) is 35.5 Å². The van der Waals surface area contributed by atoms with Crippen molar-refractivity contribution < 1.29 is 38.3 Å². The molecule has 0 fully saturated rings. The van der Waals surface area contributed by atoms with Crippen LogP contribution in [0.2, 0.25) is 0 Å². The average Bonchev–Trinajstić information content (AvgIpc) is 1.58. The summed E-state index contributed by atoms with van der Waals surface area (Å²) < 4.78 is 40.2. The number of aliphatic carboxylic acids is 1. The Morgan fingerprint density at radius 3 is 0.962 bits per heavy atom. The van der Waals surface area contributed by atoms with Gasteiger partial charge in [-0.15, -0.1) is 0 Å². The Morgan fingerprint density at radius 1 is 0.375 bits per heavy atom. The fraction of sp³-hybridized carbons (Fsp3) is 0.383. The van der Waals surface area contributed by atoms with Crippen molar-refractivity contribution in [1.82, 2.24) is 0 Å². The lowest BCUT2D eigenvalue weighted by atomic mass is 9.82. The molecule has 2 aliphatic carbocycles. The number of rotatable bonds is 35. The van der Waals surface area contributed by atoms with Gasteiger partial charge in [-0.1, -0.05) is 220 Å². The monoisotopic (exact) mass is 1390 g/mol. The van der Waals surface area contributed by atoms with Gasteiger partial charge in [0.25, 0.3) is 5.70 Å². The minimum Gasteiger partial charge on any atom is -0.493 e. The third-order valence-corrected chi connectivity index (χ3v) is 19.9. The Balaban J connectivity index is 1.04. The maximum atomic E-state index is 12.2. The first-order valence-corrected chi connectivity index (χ1v) is 37.9. The van der Waals surface area contributed by atoms with Crippen LogP contribution < -0.4 is 33.3 Å². The lowest BCUT2D eigenvalue weighted by Gasteiger charge is -2.29. The minimum absolute atomic E-state index is 0.167. The molecule has 0 unspecified atom stereocenters. The predicted molar refractivity (Wildman–Crippen MR) is 434 cm³/mol. The van der Waals surface area contributed by atoms with Gasteiger partial charge in [-0.3, -0.25) is 4.79 Å². The second-order valence-corrected chi connectivity index (χ2v) is 31.6. The smallest absolute Gasteiger partial charge is 0.333 e. The number of carboxylic acids is 1. The summed E-state index contributed by atoms with van der Waals surface area (Å²) in [6, 6.07) is 52.8. The highest BCUT2D eigenvalue weighted by Gasteiger charge is 2.38. The molecule has 0 saturated carbocycles. The fourth-order valence-electron chi connectivity index (χ4n) is 13.4. The van der Waals surface area contributed by atoms with Crippen LogP contribution in [0.3, 0.4) is 0 Å². The van der Waals surface area contributed by atoms with Crippen LogP contribution in [-0.4, -0.2) is 50.7 Å². The molecule has 0 radical (unpaired) electrons. The molecule has 0 aliphatic heterocycles. The lowest BCUT2D eigenvalue weighted by Crippen LogP contribution is -2.18. The van der Waals surface area contributed by atoms with Crippen LogP contribution >= 0.6 is 0 Å². The number of hydrogen-bond acceptors (Lipinski definition) is 8. The Hall–Kier alpha value is -9.72. The molecule has 10 heteroatoms. The molecule has 0 atom stereocenters. The van der Waals surface area contributed by atoms with Gasteiger partial charge < -0.3 is 38.4 Å². The first-order valence-electron chi connectivity index (χ1n) is 37.9. The van der Waals surface area contributed by atoms with E-state index < -0.39 is 11.7 Å². The van der Waals surface area contributed by atoms with Gasteiger partial charge in [0.1, 0.15) is 34.5 Å². The summed E-state index contributed by atoms with van der Waals surface area (Å²) in [5.74, 6) is 5.02. The van der Waals surface area contributed by atoms with Crippen molar-refractivity contribution in [2.45, 2.75) is 160 Å². The summed E-state index contributed by atoms with van der Waals surface area (Å²) in [6.07, 6.45) is 19.0. The number of carboxylic acid groups (broad SMARTS) is 1. The minimum atomic E-state index is -1.31. The molecular formula is C94H110N2O8. The summed E-state index contributed by atoms with van der Waals surface area (Å²) in [5.41, 5.74) is 18.8. The van der Waals surface area contributed by atoms with Gasteiger partial charge >= 0.3 is 5.97 Å². The van der Waals surface area contributed by atoms with E-state index in [1.54, 1.807) is 6.07 Å². The van der Waals surface area contributed by atoms with Gasteiger partial charge in [0.2, 0.25) is 0 Å². The molecule has 0 amide bonds. The van der Waals surface area contributed by atoms with E-state index >= 15 is 0 Å². The lowest BCUT2D eigenvalue weighted by molar-refractivity contribution is -0.132. The Bertz CT molecular complexity index is 4370.